The molecule has 0 bridgehead atoms. The molecule has 8 heteroatoms. The second kappa shape index (κ2) is 12.9. The van der Waals surface area contributed by atoms with Crippen molar-refractivity contribution in [2.24, 2.45) is 10.7 Å². The second-order valence-corrected chi connectivity index (χ2v) is 5.32. The average molecular weight is 416 g/mol. The lowest BCUT2D eigenvalue weighted by atomic mass is 10.2. The van der Waals surface area contributed by atoms with Gasteiger partial charge in [0.1, 0.15) is 5.60 Å². The molecule has 0 aromatic heterocycles. The van der Waals surface area contributed by atoms with Crippen molar-refractivity contribution in [2.75, 3.05) is 33.4 Å². The van der Waals surface area contributed by atoms with Crippen molar-refractivity contribution < 1.29 is 14.3 Å². The first kappa shape index (κ1) is 22.5. The highest BCUT2D eigenvalue weighted by Gasteiger charge is 2.15. The smallest absolute Gasteiger partial charge is 0.407 e. The lowest BCUT2D eigenvalue weighted by molar-refractivity contribution is 0.0527. The van der Waals surface area contributed by atoms with Gasteiger partial charge in [-0.1, -0.05) is 0 Å². The number of rotatable bonds is 8. The number of amides is 1. The van der Waals surface area contributed by atoms with Gasteiger partial charge in [0.2, 0.25) is 0 Å². The Labute approximate surface area is 144 Å². The lowest BCUT2D eigenvalue weighted by Crippen LogP contribution is -2.34. The second-order valence-electron chi connectivity index (χ2n) is 5.32. The number of carbonyl (C=O) groups excluding carboxylic acids is 1. The summed E-state index contributed by atoms with van der Waals surface area (Å²) in [6, 6.07) is 0. The Bertz CT molecular complexity index is 306. The number of unbranched alkanes of at least 4 members (excludes halogenated alkanes) is 1. The molecule has 0 aromatic carbocycles. The molecule has 21 heavy (non-hydrogen) atoms. The van der Waals surface area contributed by atoms with E-state index in [9.17, 15) is 4.79 Å². The number of ether oxygens (including phenoxy) is 2. The van der Waals surface area contributed by atoms with Crippen LogP contribution in [-0.2, 0) is 9.47 Å². The maximum absolute atomic E-state index is 11.3. The van der Waals surface area contributed by atoms with Gasteiger partial charge in [-0.3, -0.25) is 4.99 Å². The minimum absolute atomic E-state index is 0. The van der Waals surface area contributed by atoms with E-state index in [0.717, 1.165) is 12.8 Å². The first-order chi connectivity index (χ1) is 9.35. The lowest BCUT2D eigenvalue weighted by Gasteiger charge is -2.19. The molecule has 0 aliphatic rings. The van der Waals surface area contributed by atoms with Crippen LogP contribution >= 0.6 is 24.0 Å². The number of halogens is 1. The summed E-state index contributed by atoms with van der Waals surface area (Å²) < 4.78 is 10.00. The Morgan fingerprint density at radius 2 is 1.86 bits per heavy atom. The summed E-state index contributed by atoms with van der Waals surface area (Å²) in [5, 5.41) is 5.63. The molecular formula is C13H29IN4O3. The van der Waals surface area contributed by atoms with Gasteiger partial charge in [0.15, 0.2) is 5.96 Å². The molecule has 1 amide bonds. The predicted molar refractivity (Wildman–Crippen MR) is 95.3 cm³/mol. The monoisotopic (exact) mass is 416 g/mol. The average Bonchev–Trinajstić information content (AvgIpc) is 2.31. The fraction of sp³-hybridized carbons (Fsp3) is 0.846. The van der Waals surface area contributed by atoms with Crippen LogP contribution in [0.5, 0.6) is 0 Å². The highest BCUT2D eigenvalue weighted by atomic mass is 127. The SMILES string of the molecule is COCCNC(N)=NCCCCNC(=O)OC(C)(C)C.I. The van der Waals surface area contributed by atoms with Crippen molar-refractivity contribution >= 4 is 36.0 Å². The number of nitrogens with one attached hydrogen (secondary N) is 2. The molecule has 126 valence electrons. The molecule has 0 aliphatic heterocycles. The molecule has 0 saturated heterocycles. The van der Waals surface area contributed by atoms with Crippen LogP contribution < -0.4 is 16.4 Å². The molecule has 0 fully saturated rings. The number of alkyl carbamates (subject to hydrolysis) is 1. The summed E-state index contributed by atoms with van der Waals surface area (Å²) in [7, 11) is 1.63. The summed E-state index contributed by atoms with van der Waals surface area (Å²) >= 11 is 0. The molecule has 7 nitrogen and oxygen atoms in total. The summed E-state index contributed by atoms with van der Waals surface area (Å²) in [4.78, 5) is 15.5. The van der Waals surface area contributed by atoms with Crippen LogP contribution in [0.2, 0.25) is 0 Å². The minimum atomic E-state index is -0.462. The topological polar surface area (TPSA) is 98.0 Å². The molecule has 0 atom stereocenters. The molecule has 0 aliphatic carbocycles. The number of hydrogen-bond donors (Lipinski definition) is 3. The first-order valence-corrected chi connectivity index (χ1v) is 6.84. The first-order valence-electron chi connectivity index (χ1n) is 6.84. The molecule has 0 spiro atoms. The van der Waals surface area contributed by atoms with Gasteiger partial charge < -0.3 is 25.8 Å². The van der Waals surface area contributed by atoms with Crippen LogP contribution in [0.15, 0.2) is 4.99 Å². The Morgan fingerprint density at radius 1 is 1.19 bits per heavy atom. The summed E-state index contributed by atoms with van der Waals surface area (Å²) in [5.41, 5.74) is 5.18. The zero-order chi connectivity index (χ0) is 15.4. The van der Waals surface area contributed by atoms with Gasteiger partial charge in [-0.2, -0.15) is 0 Å². The van der Waals surface area contributed by atoms with E-state index in [1.807, 2.05) is 20.8 Å². The molecule has 0 unspecified atom stereocenters. The van der Waals surface area contributed by atoms with Crippen LogP contribution in [0.25, 0.3) is 0 Å². The number of carbonyl (C=O) groups is 1. The van der Waals surface area contributed by atoms with Gasteiger partial charge in [0.25, 0.3) is 0 Å². The normalized spacial score (nSPS) is 11.5. The van der Waals surface area contributed by atoms with Crippen molar-refractivity contribution in [1.29, 1.82) is 0 Å². The van der Waals surface area contributed by atoms with E-state index in [1.165, 1.54) is 0 Å². The van der Waals surface area contributed by atoms with Crippen molar-refractivity contribution in [3.8, 4) is 0 Å². The van der Waals surface area contributed by atoms with Crippen LogP contribution in [0.1, 0.15) is 33.6 Å². The third-order valence-corrected chi connectivity index (χ3v) is 2.15. The molecule has 0 rings (SSSR count). The molecule has 0 heterocycles. The summed E-state index contributed by atoms with van der Waals surface area (Å²) in [6.45, 7) is 7.94. The van der Waals surface area contributed by atoms with E-state index in [4.69, 9.17) is 15.2 Å². The van der Waals surface area contributed by atoms with Gasteiger partial charge in [-0.05, 0) is 33.6 Å². The highest BCUT2D eigenvalue weighted by molar-refractivity contribution is 14.0. The number of nitrogens with two attached hydrogens (primary N) is 1. The van der Waals surface area contributed by atoms with Crippen LogP contribution in [0, 0.1) is 0 Å². The van der Waals surface area contributed by atoms with Gasteiger partial charge in [0, 0.05) is 26.7 Å². The fourth-order valence-corrected chi connectivity index (χ4v) is 1.28. The maximum atomic E-state index is 11.3. The van der Waals surface area contributed by atoms with Crippen LogP contribution in [-0.4, -0.2) is 51.0 Å². The number of nitrogens with zero attached hydrogens (tertiary/aromatic N) is 1. The molecule has 0 aromatic rings. The van der Waals surface area contributed by atoms with E-state index in [2.05, 4.69) is 15.6 Å². The third kappa shape index (κ3) is 17.2. The van der Waals surface area contributed by atoms with Gasteiger partial charge in [0.05, 0.1) is 6.61 Å². The number of aliphatic imine (C=N–C) groups is 1. The Balaban J connectivity index is 0. The van der Waals surface area contributed by atoms with Crippen molar-refractivity contribution in [2.45, 2.75) is 39.2 Å². The Morgan fingerprint density at radius 3 is 2.43 bits per heavy atom. The third-order valence-electron chi connectivity index (χ3n) is 2.15. The molecule has 0 saturated carbocycles. The Kier molecular flexibility index (Phi) is 13.9. The zero-order valence-corrected chi connectivity index (χ0v) is 15.7. The molecular weight excluding hydrogens is 387 g/mol. The van der Waals surface area contributed by atoms with E-state index in [0.29, 0.717) is 32.2 Å². The highest BCUT2D eigenvalue weighted by Crippen LogP contribution is 2.06. The van der Waals surface area contributed by atoms with E-state index >= 15 is 0 Å². The maximum Gasteiger partial charge on any atom is 0.407 e. The largest absolute Gasteiger partial charge is 0.444 e. The minimum Gasteiger partial charge on any atom is -0.444 e. The van der Waals surface area contributed by atoms with Crippen molar-refractivity contribution in [1.82, 2.24) is 10.6 Å². The van der Waals surface area contributed by atoms with Crippen LogP contribution in [0.4, 0.5) is 4.79 Å². The van der Waals surface area contributed by atoms with Crippen molar-refractivity contribution in [3.63, 3.8) is 0 Å². The van der Waals surface area contributed by atoms with Crippen LogP contribution in [0.3, 0.4) is 0 Å². The van der Waals surface area contributed by atoms with Crippen molar-refractivity contribution in [3.05, 3.63) is 0 Å². The number of hydrogen-bond acceptors (Lipinski definition) is 4. The summed E-state index contributed by atoms with van der Waals surface area (Å²) in [6.07, 6.45) is 1.29. The van der Waals surface area contributed by atoms with E-state index < -0.39 is 5.60 Å². The molecule has 4 N–H and O–H groups in total. The fourth-order valence-electron chi connectivity index (χ4n) is 1.28. The van der Waals surface area contributed by atoms with Gasteiger partial charge in [-0.25, -0.2) is 4.79 Å². The molecule has 0 radical (unpaired) electrons. The van der Waals surface area contributed by atoms with Gasteiger partial charge in [-0.15, -0.1) is 24.0 Å². The van der Waals surface area contributed by atoms with E-state index in [-0.39, 0.29) is 30.1 Å². The van der Waals surface area contributed by atoms with E-state index in [1.54, 1.807) is 7.11 Å². The number of methoxy groups -OCH3 is 1. The standard InChI is InChI=1S/C13H28N4O3.HI/c1-13(2,3)20-12(18)17-8-6-5-7-15-11(14)16-9-10-19-4;/h5-10H2,1-4H3,(H,17,18)(H3,14,15,16);1H. The quantitative estimate of drug-likeness (QED) is 0.241. The van der Waals surface area contributed by atoms with Gasteiger partial charge >= 0.3 is 6.09 Å². The Hall–Kier alpha value is -0.770. The number of guanidine groups is 1. The zero-order valence-electron chi connectivity index (χ0n) is 13.4. The summed E-state index contributed by atoms with van der Waals surface area (Å²) in [5.74, 6) is 0.419. The predicted octanol–water partition coefficient (Wildman–Crippen LogP) is 1.46.